The van der Waals surface area contributed by atoms with Crippen LogP contribution in [0.4, 0.5) is 0 Å². The van der Waals surface area contributed by atoms with E-state index in [1.165, 1.54) is 0 Å². The minimum Gasteiger partial charge on any atom is -0.484 e. The Morgan fingerprint density at radius 2 is 2.00 bits per heavy atom. The molecule has 3 nitrogen and oxygen atoms in total. The van der Waals surface area contributed by atoms with E-state index in [1.54, 1.807) is 0 Å². The van der Waals surface area contributed by atoms with Gasteiger partial charge in [0, 0.05) is 23.1 Å². The summed E-state index contributed by atoms with van der Waals surface area (Å²) in [5, 5.41) is 10.4. The molecule has 24 heavy (non-hydrogen) atoms. The Balaban J connectivity index is 1.84. The van der Waals surface area contributed by atoms with E-state index in [2.05, 4.69) is 15.9 Å². The van der Waals surface area contributed by atoms with Crippen molar-refractivity contribution in [1.82, 2.24) is 0 Å². The van der Waals surface area contributed by atoms with Crippen molar-refractivity contribution in [2.24, 2.45) is 5.92 Å². The van der Waals surface area contributed by atoms with Gasteiger partial charge < -0.3 is 14.6 Å². The zero-order valence-electron chi connectivity index (χ0n) is 13.0. The van der Waals surface area contributed by atoms with Crippen LogP contribution < -0.4 is 4.74 Å². The van der Waals surface area contributed by atoms with Crippen LogP contribution in [0.15, 0.2) is 40.9 Å². The van der Waals surface area contributed by atoms with Gasteiger partial charge in [0.05, 0.1) is 17.2 Å². The Kier molecular flexibility index (Phi) is 4.56. The Hall–Kier alpha value is -1.07. The highest BCUT2D eigenvalue weighted by atomic mass is 79.9. The SMILES string of the molecule is OCc1ccccc1[C@@H]1Oc2c(Br)cc(Cl)cc2[C@@H]2OCCC[C@@H]12. The number of aliphatic hydroxyl groups excluding tert-OH is 1. The van der Waals surface area contributed by atoms with Gasteiger partial charge in [0.2, 0.25) is 0 Å². The average Bonchev–Trinajstić information content (AvgIpc) is 2.61. The van der Waals surface area contributed by atoms with Gasteiger partial charge in [-0.15, -0.1) is 0 Å². The first-order valence-corrected chi connectivity index (χ1v) is 9.32. The molecule has 0 unspecified atom stereocenters. The van der Waals surface area contributed by atoms with E-state index >= 15 is 0 Å². The van der Waals surface area contributed by atoms with E-state index in [9.17, 15) is 5.11 Å². The maximum absolute atomic E-state index is 9.72. The number of fused-ring (bicyclic) bond motifs is 3. The van der Waals surface area contributed by atoms with Crippen molar-refractivity contribution in [3.05, 3.63) is 62.6 Å². The fourth-order valence-electron chi connectivity index (χ4n) is 3.82. The van der Waals surface area contributed by atoms with Gasteiger partial charge in [0.25, 0.3) is 0 Å². The number of ether oxygens (including phenoxy) is 2. The van der Waals surface area contributed by atoms with Gasteiger partial charge >= 0.3 is 0 Å². The molecule has 2 heterocycles. The second-order valence-electron chi connectivity index (χ2n) is 6.30. The maximum atomic E-state index is 9.72. The van der Waals surface area contributed by atoms with Crippen LogP contribution >= 0.6 is 27.5 Å². The van der Waals surface area contributed by atoms with Crippen LogP contribution in [0.3, 0.4) is 0 Å². The van der Waals surface area contributed by atoms with Gasteiger partial charge in [-0.1, -0.05) is 35.9 Å². The van der Waals surface area contributed by atoms with Gasteiger partial charge in [0.1, 0.15) is 11.9 Å². The Morgan fingerprint density at radius 1 is 1.17 bits per heavy atom. The van der Waals surface area contributed by atoms with E-state index in [1.807, 2.05) is 36.4 Å². The summed E-state index contributed by atoms with van der Waals surface area (Å²) >= 11 is 9.81. The van der Waals surface area contributed by atoms with Crippen molar-refractivity contribution in [1.29, 1.82) is 0 Å². The number of aliphatic hydroxyl groups is 1. The molecule has 1 N–H and O–H groups in total. The highest BCUT2D eigenvalue weighted by Gasteiger charge is 2.42. The zero-order valence-corrected chi connectivity index (χ0v) is 15.4. The molecule has 5 heteroatoms. The quantitative estimate of drug-likeness (QED) is 0.741. The summed E-state index contributed by atoms with van der Waals surface area (Å²) in [6.07, 6.45) is 1.87. The molecule has 1 saturated heterocycles. The first-order valence-electron chi connectivity index (χ1n) is 8.15. The molecule has 0 amide bonds. The lowest BCUT2D eigenvalue weighted by Gasteiger charge is -2.43. The van der Waals surface area contributed by atoms with Gasteiger partial charge in [-0.25, -0.2) is 0 Å². The summed E-state index contributed by atoms with van der Waals surface area (Å²) in [6, 6.07) is 11.7. The van der Waals surface area contributed by atoms with Crippen molar-refractivity contribution in [3.8, 4) is 5.75 Å². The zero-order chi connectivity index (χ0) is 16.7. The second kappa shape index (κ2) is 6.68. The minimum absolute atomic E-state index is 0.00290. The molecule has 126 valence electrons. The number of benzene rings is 2. The molecule has 0 aliphatic carbocycles. The highest BCUT2D eigenvalue weighted by molar-refractivity contribution is 9.10. The molecule has 3 atom stereocenters. The van der Waals surface area contributed by atoms with Crippen LogP contribution in [0.5, 0.6) is 5.75 Å². The van der Waals surface area contributed by atoms with Crippen LogP contribution in [-0.4, -0.2) is 11.7 Å². The molecule has 4 rings (SSSR count). The van der Waals surface area contributed by atoms with E-state index in [0.717, 1.165) is 46.4 Å². The lowest BCUT2D eigenvalue weighted by atomic mass is 9.79. The van der Waals surface area contributed by atoms with Crippen LogP contribution in [0, 0.1) is 5.92 Å². The minimum atomic E-state index is -0.136. The topological polar surface area (TPSA) is 38.7 Å². The number of hydrogen-bond acceptors (Lipinski definition) is 3. The standard InChI is InChI=1S/C19H18BrClO3/c20-16-9-12(21)8-15-17-14(6-3-7-23-17)18(24-19(15)16)13-5-2-1-4-11(13)10-22/h1-2,4-5,8-9,14,17-18,22H,3,6-7,10H2/t14-,17-,18+/m1/s1. The van der Waals surface area contributed by atoms with Crippen LogP contribution in [0.25, 0.3) is 0 Å². The largest absolute Gasteiger partial charge is 0.484 e. The van der Waals surface area contributed by atoms with Crippen LogP contribution in [-0.2, 0) is 11.3 Å². The molecule has 0 bridgehead atoms. The third kappa shape index (κ3) is 2.76. The van der Waals surface area contributed by atoms with Crippen LogP contribution in [0.2, 0.25) is 5.02 Å². The first-order chi connectivity index (χ1) is 11.7. The van der Waals surface area contributed by atoms with E-state index in [0.29, 0.717) is 5.02 Å². The summed E-state index contributed by atoms with van der Waals surface area (Å²) in [6.45, 7) is 0.752. The highest BCUT2D eigenvalue weighted by Crippen LogP contribution is 2.53. The number of hydrogen-bond donors (Lipinski definition) is 1. The molecule has 0 aromatic heterocycles. The average molecular weight is 410 g/mol. The number of rotatable bonds is 2. The molecule has 0 saturated carbocycles. The monoisotopic (exact) mass is 408 g/mol. The molecule has 0 radical (unpaired) electrons. The Bertz CT molecular complexity index is 764. The van der Waals surface area contributed by atoms with E-state index in [4.69, 9.17) is 21.1 Å². The molecule has 1 fully saturated rings. The summed E-state index contributed by atoms with van der Waals surface area (Å²) in [5.41, 5.74) is 2.95. The molecule has 2 aromatic carbocycles. The predicted molar refractivity (Wildman–Crippen MR) is 96.3 cm³/mol. The van der Waals surface area contributed by atoms with Crippen molar-refractivity contribution in [3.63, 3.8) is 0 Å². The Morgan fingerprint density at radius 3 is 2.83 bits per heavy atom. The van der Waals surface area contributed by atoms with Gasteiger partial charge in [0.15, 0.2) is 0 Å². The summed E-state index contributed by atoms with van der Waals surface area (Å²) in [4.78, 5) is 0. The van der Waals surface area contributed by atoms with Crippen LogP contribution in [0.1, 0.15) is 41.7 Å². The first kappa shape index (κ1) is 16.4. The van der Waals surface area contributed by atoms with E-state index < -0.39 is 0 Å². The van der Waals surface area contributed by atoms with Gasteiger partial charge in [-0.3, -0.25) is 0 Å². The van der Waals surface area contributed by atoms with Crippen molar-refractivity contribution in [2.75, 3.05) is 6.61 Å². The maximum Gasteiger partial charge on any atom is 0.140 e. The third-order valence-corrected chi connectivity index (χ3v) is 5.68. The summed E-state index contributed by atoms with van der Waals surface area (Å²) in [5.74, 6) is 1.00. The van der Waals surface area contributed by atoms with Gasteiger partial charge in [-0.05, 0) is 52.0 Å². The van der Waals surface area contributed by atoms with Crippen molar-refractivity contribution < 1.29 is 14.6 Å². The lowest BCUT2D eigenvalue weighted by Crippen LogP contribution is -2.35. The summed E-state index contributed by atoms with van der Waals surface area (Å²) in [7, 11) is 0. The molecular formula is C19H18BrClO3. The fourth-order valence-corrected chi connectivity index (χ4v) is 4.74. The lowest BCUT2D eigenvalue weighted by molar-refractivity contribution is -0.0856. The molecular weight excluding hydrogens is 392 g/mol. The molecule has 2 aliphatic rings. The van der Waals surface area contributed by atoms with E-state index in [-0.39, 0.29) is 24.7 Å². The fraction of sp³-hybridized carbons (Fsp3) is 0.368. The second-order valence-corrected chi connectivity index (χ2v) is 7.59. The third-order valence-electron chi connectivity index (χ3n) is 4.88. The molecule has 2 aromatic rings. The molecule has 2 aliphatic heterocycles. The number of halogens is 2. The smallest absolute Gasteiger partial charge is 0.140 e. The predicted octanol–water partition coefficient (Wildman–Crippen LogP) is 5.20. The van der Waals surface area contributed by atoms with Gasteiger partial charge in [-0.2, -0.15) is 0 Å². The van der Waals surface area contributed by atoms with Crippen molar-refractivity contribution in [2.45, 2.75) is 31.7 Å². The normalized spacial score (nSPS) is 25.5. The molecule has 0 spiro atoms. The summed E-state index contributed by atoms with van der Waals surface area (Å²) < 4.78 is 13.4. The van der Waals surface area contributed by atoms with Crippen molar-refractivity contribution >= 4 is 27.5 Å². The Labute approximate surface area is 154 Å².